The number of ketones is 1. The molecule has 0 atom stereocenters. The molecule has 7 nitrogen and oxygen atoms in total. The molecule has 8 heteroatoms. The number of ether oxygens (including phenoxy) is 3. The fourth-order valence-electron chi connectivity index (χ4n) is 1.94. The predicted molar refractivity (Wildman–Crippen MR) is 92.8 cm³/mol. The second-order valence-corrected chi connectivity index (χ2v) is 5.99. The number of carbonyl (C=O) groups is 3. The van der Waals surface area contributed by atoms with Crippen LogP contribution in [0.4, 0.5) is 5.69 Å². The number of thiophene rings is 1. The van der Waals surface area contributed by atoms with Crippen LogP contribution in [0.3, 0.4) is 0 Å². The van der Waals surface area contributed by atoms with Crippen LogP contribution in [0.2, 0.25) is 0 Å². The molecule has 0 aliphatic heterocycles. The molecule has 1 heterocycles. The molecular weight excluding hydrogens is 346 g/mol. The second kappa shape index (κ2) is 8.29. The Hall–Kier alpha value is -2.87. The Kier molecular flexibility index (Phi) is 6.13. The van der Waals surface area contributed by atoms with Crippen molar-refractivity contribution in [2.75, 3.05) is 26.1 Å². The van der Waals surface area contributed by atoms with E-state index in [0.29, 0.717) is 22.1 Å². The van der Waals surface area contributed by atoms with Gasteiger partial charge in [-0.25, -0.2) is 4.79 Å². The maximum atomic E-state index is 12.0. The molecule has 0 bridgehead atoms. The van der Waals surface area contributed by atoms with Crippen molar-refractivity contribution in [3.8, 4) is 11.5 Å². The van der Waals surface area contributed by atoms with Gasteiger partial charge in [-0.15, -0.1) is 11.3 Å². The van der Waals surface area contributed by atoms with E-state index in [0.717, 1.165) is 11.3 Å². The summed E-state index contributed by atoms with van der Waals surface area (Å²) in [6.07, 6.45) is 0. The molecule has 0 spiro atoms. The standard InChI is InChI=1S/C17H17NO6S/c1-10(19)14-6-7-15(25-14)17(21)24-9-16(20)18-12-8-11(22-2)4-5-13(12)23-3/h4-8H,9H2,1-3H3,(H,18,20). The first-order valence-electron chi connectivity index (χ1n) is 7.24. The van der Waals surface area contributed by atoms with Crippen LogP contribution in [-0.2, 0) is 9.53 Å². The van der Waals surface area contributed by atoms with Gasteiger partial charge in [-0.1, -0.05) is 0 Å². The van der Waals surface area contributed by atoms with Gasteiger partial charge in [-0.2, -0.15) is 0 Å². The largest absolute Gasteiger partial charge is 0.497 e. The van der Waals surface area contributed by atoms with Crippen molar-refractivity contribution in [3.05, 3.63) is 40.1 Å². The van der Waals surface area contributed by atoms with Crippen LogP contribution < -0.4 is 14.8 Å². The van der Waals surface area contributed by atoms with Gasteiger partial charge in [0.1, 0.15) is 16.4 Å². The van der Waals surface area contributed by atoms with Gasteiger partial charge in [0.05, 0.1) is 24.8 Å². The summed E-state index contributed by atoms with van der Waals surface area (Å²) in [4.78, 5) is 35.9. The highest BCUT2D eigenvalue weighted by Gasteiger charge is 2.15. The summed E-state index contributed by atoms with van der Waals surface area (Å²) < 4.78 is 15.2. The zero-order valence-electron chi connectivity index (χ0n) is 14.0. The first-order chi connectivity index (χ1) is 11.9. The zero-order chi connectivity index (χ0) is 18.4. The monoisotopic (exact) mass is 363 g/mol. The molecule has 2 rings (SSSR count). The molecular formula is C17H17NO6S. The highest BCUT2D eigenvalue weighted by molar-refractivity contribution is 7.15. The van der Waals surface area contributed by atoms with Crippen molar-refractivity contribution < 1.29 is 28.6 Å². The predicted octanol–water partition coefficient (Wildman–Crippen LogP) is 2.76. The van der Waals surface area contributed by atoms with E-state index in [1.807, 2.05) is 0 Å². The Balaban J connectivity index is 1.96. The van der Waals surface area contributed by atoms with Crippen molar-refractivity contribution in [2.45, 2.75) is 6.92 Å². The van der Waals surface area contributed by atoms with Crippen LogP contribution in [-0.4, -0.2) is 38.5 Å². The Bertz CT molecular complexity index is 798. The third-order valence-corrected chi connectivity index (χ3v) is 4.34. The molecule has 0 radical (unpaired) electrons. The Morgan fingerprint density at radius 1 is 1.04 bits per heavy atom. The van der Waals surface area contributed by atoms with Gasteiger partial charge in [0.25, 0.3) is 5.91 Å². The normalized spacial score (nSPS) is 10.0. The minimum absolute atomic E-state index is 0.132. The van der Waals surface area contributed by atoms with Gasteiger partial charge in [0.2, 0.25) is 0 Å². The molecule has 132 valence electrons. The number of hydrogen-bond donors (Lipinski definition) is 1. The summed E-state index contributed by atoms with van der Waals surface area (Å²) in [6, 6.07) is 7.97. The molecule has 0 saturated heterocycles. The summed E-state index contributed by atoms with van der Waals surface area (Å²) in [7, 11) is 2.98. The maximum Gasteiger partial charge on any atom is 0.348 e. The minimum Gasteiger partial charge on any atom is -0.497 e. The molecule has 1 aromatic carbocycles. The van der Waals surface area contributed by atoms with Crippen molar-refractivity contribution in [2.24, 2.45) is 0 Å². The summed E-state index contributed by atoms with van der Waals surface area (Å²) in [6.45, 7) is 0.947. The lowest BCUT2D eigenvalue weighted by atomic mass is 10.2. The van der Waals surface area contributed by atoms with Gasteiger partial charge < -0.3 is 19.5 Å². The number of methoxy groups -OCH3 is 2. The Morgan fingerprint density at radius 3 is 2.36 bits per heavy atom. The van der Waals surface area contributed by atoms with E-state index in [9.17, 15) is 14.4 Å². The van der Waals surface area contributed by atoms with Crippen LogP contribution in [0.15, 0.2) is 30.3 Å². The average Bonchev–Trinajstić information content (AvgIpc) is 3.10. The van der Waals surface area contributed by atoms with Crippen molar-refractivity contribution in [1.29, 1.82) is 0 Å². The number of Topliss-reactive ketones (excluding diaryl/α,β-unsaturated/α-hetero) is 1. The van der Waals surface area contributed by atoms with Crippen LogP contribution in [0.25, 0.3) is 0 Å². The lowest BCUT2D eigenvalue weighted by Gasteiger charge is -2.11. The summed E-state index contributed by atoms with van der Waals surface area (Å²) in [5.41, 5.74) is 0.401. The van der Waals surface area contributed by atoms with E-state index in [2.05, 4.69) is 5.32 Å². The topological polar surface area (TPSA) is 90.9 Å². The molecule has 1 N–H and O–H groups in total. The molecule has 0 aliphatic rings. The first kappa shape index (κ1) is 18.5. The van der Waals surface area contributed by atoms with Gasteiger partial charge in [0, 0.05) is 6.07 Å². The minimum atomic E-state index is -0.662. The van der Waals surface area contributed by atoms with Crippen LogP contribution >= 0.6 is 11.3 Å². The number of hydrogen-bond acceptors (Lipinski definition) is 7. The molecule has 0 saturated carbocycles. The lowest BCUT2D eigenvalue weighted by molar-refractivity contribution is -0.119. The fraction of sp³-hybridized carbons (Fsp3) is 0.235. The van der Waals surface area contributed by atoms with Gasteiger partial charge in [-0.3, -0.25) is 9.59 Å². The number of rotatable bonds is 7. The van der Waals surface area contributed by atoms with E-state index in [-0.39, 0.29) is 10.7 Å². The number of carbonyl (C=O) groups excluding carboxylic acids is 3. The third-order valence-electron chi connectivity index (χ3n) is 3.17. The number of esters is 1. The van der Waals surface area contributed by atoms with Crippen molar-refractivity contribution >= 4 is 34.7 Å². The van der Waals surface area contributed by atoms with E-state index in [4.69, 9.17) is 14.2 Å². The van der Waals surface area contributed by atoms with E-state index in [1.165, 1.54) is 27.2 Å². The molecule has 0 unspecified atom stereocenters. The Morgan fingerprint density at radius 2 is 1.76 bits per heavy atom. The smallest absolute Gasteiger partial charge is 0.348 e. The van der Waals surface area contributed by atoms with Gasteiger partial charge in [-0.05, 0) is 31.2 Å². The molecule has 0 aliphatic carbocycles. The highest BCUT2D eigenvalue weighted by Crippen LogP contribution is 2.28. The number of anilines is 1. The van der Waals surface area contributed by atoms with Gasteiger partial charge in [0.15, 0.2) is 12.4 Å². The first-order valence-corrected chi connectivity index (χ1v) is 8.06. The zero-order valence-corrected chi connectivity index (χ0v) is 14.8. The lowest BCUT2D eigenvalue weighted by Crippen LogP contribution is -2.21. The van der Waals surface area contributed by atoms with Crippen molar-refractivity contribution in [1.82, 2.24) is 0 Å². The number of amides is 1. The summed E-state index contributed by atoms with van der Waals surface area (Å²) in [5.74, 6) is -0.325. The van der Waals surface area contributed by atoms with Crippen LogP contribution in [0, 0.1) is 0 Å². The van der Waals surface area contributed by atoms with Gasteiger partial charge >= 0.3 is 5.97 Å². The third kappa shape index (κ3) is 4.80. The van der Waals surface area contributed by atoms with Crippen LogP contribution in [0.5, 0.6) is 11.5 Å². The maximum absolute atomic E-state index is 12.0. The average molecular weight is 363 g/mol. The summed E-state index contributed by atoms with van der Waals surface area (Å²) >= 11 is 1.02. The molecule has 2 aromatic rings. The van der Waals surface area contributed by atoms with Crippen LogP contribution in [0.1, 0.15) is 26.3 Å². The van der Waals surface area contributed by atoms with Crippen molar-refractivity contribution in [3.63, 3.8) is 0 Å². The second-order valence-electron chi connectivity index (χ2n) is 4.91. The van der Waals surface area contributed by atoms with E-state index < -0.39 is 18.5 Å². The van der Waals surface area contributed by atoms with E-state index >= 15 is 0 Å². The highest BCUT2D eigenvalue weighted by atomic mass is 32.1. The Labute approximate surface area is 148 Å². The molecule has 1 aromatic heterocycles. The SMILES string of the molecule is COc1ccc(OC)c(NC(=O)COC(=O)c2ccc(C(C)=O)s2)c1. The number of benzene rings is 1. The molecule has 1 amide bonds. The summed E-state index contributed by atoms with van der Waals surface area (Å²) in [5, 5.41) is 2.59. The molecule has 25 heavy (non-hydrogen) atoms. The molecule has 0 fully saturated rings. The number of nitrogens with one attached hydrogen (secondary N) is 1. The fourth-order valence-corrected chi connectivity index (χ4v) is 2.73. The quantitative estimate of drug-likeness (QED) is 0.601. The van der Waals surface area contributed by atoms with E-state index in [1.54, 1.807) is 24.3 Å².